The van der Waals surface area contributed by atoms with Crippen molar-refractivity contribution >= 4 is 17.6 Å². The van der Waals surface area contributed by atoms with Crippen LogP contribution >= 0.6 is 0 Å². The number of carbonyl (C=O) groups is 2. The van der Waals surface area contributed by atoms with Gasteiger partial charge in [0, 0.05) is 18.3 Å². The van der Waals surface area contributed by atoms with Gasteiger partial charge in [-0.2, -0.15) is 0 Å². The number of hydrogen-bond acceptors (Lipinski definition) is 2. The molecule has 114 valence electrons. The maximum absolute atomic E-state index is 12.4. The van der Waals surface area contributed by atoms with E-state index in [0.29, 0.717) is 5.69 Å². The van der Waals surface area contributed by atoms with Crippen molar-refractivity contribution in [3.8, 4) is 0 Å². The molecule has 2 N–H and O–H groups in total. The number of piperidine rings is 1. The second-order valence-corrected chi connectivity index (χ2v) is 5.56. The number of nitrogens with one attached hydrogen (secondary N) is 2. The molecular formula is C16H23N3O2. The topological polar surface area (TPSA) is 61.4 Å². The van der Waals surface area contributed by atoms with Crippen LogP contribution in [-0.4, -0.2) is 35.5 Å². The first-order chi connectivity index (χ1) is 10.1. The molecule has 0 saturated carbocycles. The number of rotatable bonds is 3. The first-order valence-corrected chi connectivity index (χ1v) is 7.51. The lowest BCUT2D eigenvalue weighted by Gasteiger charge is -2.35. The van der Waals surface area contributed by atoms with E-state index in [1.54, 1.807) is 19.1 Å². The van der Waals surface area contributed by atoms with E-state index in [2.05, 4.69) is 17.6 Å². The molecule has 1 saturated heterocycles. The fourth-order valence-corrected chi connectivity index (χ4v) is 2.62. The minimum absolute atomic E-state index is 0.00888. The molecule has 21 heavy (non-hydrogen) atoms. The Morgan fingerprint density at radius 2 is 1.95 bits per heavy atom. The number of carbonyl (C=O) groups excluding carboxylic acids is 2. The molecule has 0 radical (unpaired) electrons. The maximum Gasteiger partial charge on any atom is 0.319 e. The molecule has 0 spiro atoms. The second-order valence-electron chi connectivity index (χ2n) is 5.56. The lowest BCUT2D eigenvalue weighted by molar-refractivity contribution is -0.136. The van der Waals surface area contributed by atoms with Crippen molar-refractivity contribution in [3.05, 3.63) is 30.3 Å². The molecule has 1 aromatic rings. The predicted molar refractivity (Wildman–Crippen MR) is 83.1 cm³/mol. The SMILES string of the molecule is CC(NC(=O)Nc1ccccc1)C(=O)N1CCCCC1C. The van der Waals surface area contributed by atoms with Crippen molar-refractivity contribution in [1.29, 1.82) is 0 Å². The first-order valence-electron chi connectivity index (χ1n) is 7.51. The molecule has 0 aliphatic carbocycles. The average molecular weight is 289 g/mol. The fourth-order valence-electron chi connectivity index (χ4n) is 2.62. The molecule has 2 unspecified atom stereocenters. The highest BCUT2D eigenvalue weighted by molar-refractivity contribution is 5.93. The second kappa shape index (κ2) is 7.11. The molecule has 1 aliphatic heterocycles. The smallest absolute Gasteiger partial charge is 0.319 e. The highest BCUT2D eigenvalue weighted by Gasteiger charge is 2.27. The number of amides is 3. The number of para-hydroxylation sites is 1. The van der Waals surface area contributed by atoms with Crippen LogP contribution < -0.4 is 10.6 Å². The lowest BCUT2D eigenvalue weighted by Crippen LogP contribution is -2.52. The van der Waals surface area contributed by atoms with Crippen LogP contribution in [0.3, 0.4) is 0 Å². The number of anilines is 1. The molecule has 0 aromatic heterocycles. The van der Waals surface area contributed by atoms with Crippen LogP contribution in [0.2, 0.25) is 0 Å². The summed E-state index contributed by atoms with van der Waals surface area (Å²) < 4.78 is 0. The number of hydrogen-bond donors (Lipinski definition) is 2. The zero-order chi connectivity index (χ0) is 15.2. The van der Waals surface area contributed by atoms with Gasteiger partial charge in [-0.15, -0.1) is 0 Å². The summed E-state index contributed by atoms with van der Waals surface area (Å²) in [7, 11) is 0. The zero-order valence-corrected chi connectivity index (χ0v) is 12.6. The van der Waals surface area contributed by atoms with Crippen molar-refractivity contribution in [2.75, 3.05) is 11.9 Å². The van der Waals surface area contributed by atoms with Gasteiger partial charge in [0.2, 0.25) is 5.91 Å². The minimum atomic E-state index is -0.519. The first kappa shape index (κ1) is 15.4. The summed E-state index contributed by atoms with van der Waals surface area (Å²) in [6.45, 7) is 4.58. The zero-order valence-electron chi connectivity index (χ0n) is 12.6. The summed E-state index contributed by atoms with van der Waals surface area (Å²) in [5.74, 6) is -0.00888. The largest absolute Gasteiger partial charge is 0.338 e. The minimum Gasteiger partial charge on any atom is -0.338 e. The van der Waals surface area contributed by atoms with Crippen molar-refractivity contribution in [2.45, 2.75) is 45.2 Å². The number of likely N-dealkylation sites (tertiary alicyclic amines) is 1. The van der Waals surface area contributed by atoms with Gasteiger partial charge >= 0.3 is 6.03 Å². The molecular weight excluding hydrogens is 266 g/mol. The Hall–Kier alpha value is -2.04. The molecule has 1 aromatic carbocycles. The lowest BCUT2D eigenvalue weighted by atomic mass is 10.0. The maximum atomic E-state index is 12.4. The summed E-state index contributed by atoms with van der Waals surface area (Å²) in [5.41, 5.74) is 0.709. The molecule has 2 rings (SSSR count). The Bertz CT molecular complexity index is 490. The molecule has 3 amide bonds. The van der Waals surface area contributed by atoms with Gasteiger partial charge in [-0.05, 0) is 45.2 Å². The van der Waals surface area contributed by atoms with E-state index in [-0.39, 0.29) is 18.0 Å². The van der Waals surface area contributed by atoms with Crippen LogP contribution in [0, 0.1) is 0 Å². The quantitative estimate of drug-likeness (QED) is 0.898. The van der Waals surface area contributed by atoms with Gasteiger partial charge in [0.05, 0.1) is 0 Å². The predicted octanol–water partition coefficient (Wildman–Crippen LogP) is 2.60. The van der Waals surface area contributed by atoms with Crippen LogP contribution in [0.4, 0.5) is 10.5 Å². The molecule has 5 heteroatoms. The van der Waals surface area contributed by atoms with Crippen LogP contribution in [0.1, 0.15) is 33.1 Å². The Morgan fingerprint density at radius 3 is 2.62 bits per heavy atom. The Morgan fingerprint density at radius 1 is 1.24 bits per heavy atom. The molecule has 1 heterocycles. The van der Waals surface area contributed by atoms with E-state index in [4.69, 9.17) is 0 Å². The van der Waals surface area contributed by atoms with Crippen LogP contribution in [0.5, 0.6) is 0 Å². The van der Waals surface area contributed by atoms with Crippen molar-refractivity contribution in [1.82, 2.24) is 10.2 Å². The van der Waals surface area contributed by atoms with Gasteiger partial charge in [0.25, 0.3) is 0 Å². The molecule has 5 nitrogen and oxygen atoms in total. The van der Waals surface area contributed by atoms with E-state index in [1.807, 2.05) is 23.1 Å². The highest BCUT2D eigenvalue weighted by Crippen LogP contribution is 2.17. The van der Waals surface area contributed by atoms with Crippen LogP contribution in [0.15, 0.2) is 30.3 Å². The monoisotopic (exact) mass is 289 g/mol. The van der Waals surface area contributed by atoms with Crippen LogP contribution in [-0.2, 0) is 4.79 Å². The summed E-state index contributed by atoms with van der Waals surface area (Å²) >= 11 is 0. The third kappa shape index (κ3) is 4.21. The van der Waals surface area contributed by atoms with E-state index in [0.717, 1.165) is 19.4 Å². The van der Waals surface area contributed by atoms with Gasteiger partial charge in [-0.3, -0.25) is 4.79 Å². The van der Waals surface area contributed by atoms with Gasteiger partial charge in [0.1, 0.15) is 6.04 Å². The van der Waals surface area contributed by atoms with E-state index >= 15 is 0 Å². The van der Waals surface area contributed by atoms with Gasteiger partial charge in [-0.1, -0.05) is 18.2 Å². The summed E-state index contributed by atoms with van der Waals surface area (Å²) in [5, 5.41) is 5.43. The number of urea groups is 1. The molecule has 0 bridgehead atoms. The van der Waals surface area contributed by atoms with E-state index in [9.17, 15) is 9.59 Å². The van der Waals surface area contributed by atoms with Crippen molar-refractivity contribution < 1.29 is 9.59 Å². The van der Waals surface area contributed by atoms with Crippen molar-refractivity contribution in [3.63, 3.8) is 0 Å². The Balaban J connectivity index is 1.86. The number of benzene rings is 1. The molecule has 1 aliphatic rings. The van der Waals surface area contributed by atoms with Gasteiger partial charge in [0.15, 0.2) is 0 Å². The normalized spacial score (nSPS) is 19.7. The Kier molecular flexibility index (Phi) is 5.20. The van der Waals surface area contributed by atoms with Gasteiger partial charge in [-0.25, -0.2) is 4.79 Å². The highest BCUT2D eigenvalue weighted by atomic mass is 16.2. The average Bonchev–Trinajstić information content (AvgIpc) is 2.48. The number of nitrogens with zero attached hydrogens (tertiary/aromatic N) is 1. The van der Waals surface area contributed by atoms with Gasteiger partial charge < -0.3 is 15.5 Å². The summed E-state index contributed by atoms with van der Waals surface area (Å²) in [6.07, 6.45) is 3.24. The molecule has 2 atom stereocenters. The van der Waals surface area contributed by atoms with Crippen molar-refractivity contribution in [2.24, 2.45) is 0 Å². The Labute approximate surface area is 125 Å². The van der Waals surface area contributed by atoms with Crippen LogP contribution in [0.25, 0.3) is 0 Å². The standard InChI is InChI=1S/C16H23N3O2/c1-12-8-6-7-11-19(12)15(20)13(2)17-16(21)18-14-9-4-3-5-10-14/h3-5,9-10,12-13H,6-8,11H2,1-2H3,(H2,17,18,21). The fraction of sp³-hybridized carbons (Fsp3) is 0.500. The third-order valence-electron chi connectivity index (χ3n) is 3.84. The summed E-state index contributed by atoms with van der Waals surface area (Å²) in [6, 6.07) is 8.57. The van der Waals surface area contributed by atoms with E-state index < -0.39 is 6.04 Å². The molecule has 1 fully saturated rings. The van der Waals surface area contributed by atoms with E-state index in [1.165, 1.54) is 6.42 Å². The third-order valence-corrected chi connectivity index (χ3v) is 3.84. The summed E-state index contributed by atoms with van der Waals surface area (Å²) in [4.78, 5) is 26.2.